The highest BCUT2D eigenvalue weighted by atomic mass is 32.2. The first-order chi connectivity index (χ1) is 9.98. The molecule has 0 aliphatic carbocycles. The van der Waals surface area contributed by atoms with Crippen LogP contribution in [0.5, 0.6) is 0 Å². The van der Waals surface area contributed by atoms with Gasteiger partial charge in [-0.25, -0.2) is 8.42 Å². The number of rotatable bonds is 6. The molecule has 0 aliphatic rings. The maximum atomic E-state index is 12.6. The van der Waals surface area contributed by atoms with Gasteiger partial charge < -0.3 is 14.6 Å². The number of aliphatic carboxylic acids is 1. The summed E-state index contributed by atoms with van der Waals surface area (Å²) >= 11 is 0. The van der Waals surface area contributed by atoms with Crippen molar-refractivity contribution < 1.29 is 23.1 Å². The molecule has 1 aromatic rings. The Morgan fingerprint density at radius 1 is 1.32 bits per heavy atom. The van der Waals surface area contributed by atoms with Crippen molar-refractivity contribution in [2.24, 2.45) is 7.05 Å². The van der Waals surface area contributed by atoms with Crippen LogP contribution in [-0.4, -0.2) is 65.9 Å². The molecule has 8 nitrogen and oxygen atoms in total. The number of nitrogens with zero attached hydrogens (tertiary/aromatic N) is 3. The molecule has 0 fully saturated rings. The molecule has 124 valence electrons. The predicted octanol–water partition coefficient (Wildman–Crippen LogP) is 0.211. The molecule has 0 saturated heterocycles. The normalized spacial score (nSPS) is 12.0. The van der Waals surface area contributed by atoms with Crippen LogP contribution in [0.25, 0.3) is 0 Å². The number of carboxylic acids is 1. The summed E-state index contributed by atoms with van der Waals surface area (Å²) in [5.74, 6) is -1.57. The zero-order valence-electron chi connectivity index (χ0n) is 13.3. The first kappa shape index (κ1) is 18.2. The molecule has 0 saturated carbocycles. The number of aromatic nitrogens is 1. The van der Waals surface area contributed by atoms with E-state index in [4.69, 9.17) is 5.11 Å². The van der Waals surface area contributed by atoms with E-state index in [9.17, 15) is 18.0 Å². The zero-order chi connectivity index (χ0) is 17.2. The molecule has 0 bridgehead atoms. The highest BCUT2D eigenvalue weighted by Gasteiger charge is 2.31. The fourth-order valence-electron chi connectivity index (χ4n) is 1.93. The number of hydrogen-bond donors (Lipinski definition) is 1. The van der Waals surface area contributed by atoms with Crippen LogP contribution in [0, 0.1) is 0 Å². The van der Waals surface area contributed by atoms with Gasteiger partial charge in [0.2, 0.25) is 10.0 Å². The molecular formula is C13H21N3O5S. The first-order valence-corrected chi connectivity index (χ1v) is 8.04. The van der Waals surface area contributed by atoms with Gasteiger partial charge in [0.15, 0.2) is 0 Å². The second kappa shape index (κ2) is 6.49. The van der Waals surface area contributed by atoms with Crippen LogP contribution in [0.3, 0.4) is 0 Å². The van der Waals surface area contributed by atoms with E-state index in [1.54, 1.807) is 35.0 Å². The van der Waals surface area contributed by atoms with Crippen molar-refractivity contribution >= 4 is 21.9 Å². The molecule has 1 aromatic heterocycles. The van der Waals surface area contributed by atoms with Gasteiger partial charge >= 0.3 is 5.97 Å². The fraction of sp³-hybridized carbons (Fsp3) is 0.538. The summed E-state index contributed by atoms with van der Waals surface area (Å²) in [7, 11) is 0.695. The largest absolute Gasteiger partial charge is 0.480 e. The average Bonchev–Trinajstić information content (AvgIpc) is 2.77. The number of carboxylic acid groups (broad SMARTS) is 1. The Morgan fingerprint density at radius 2 is 1.86 bits per heavy atom. The Kier molecular flexibility index (Phi) is 5.36. The predicted molar refractivity (Wildman–Crippen MR) is 80.1 cm³/mol. The Balaban J connectivity index is 3.31. The second-order valence-electron chi connectivity index (χ2n) is 5.41. The van der Waals surface area contributed by atoms with E-state index in [0.717, 1.165) is 4.31 Å². The quantitative estimate of drug-likeness (QED) is 0.803. The van der Waals surface area contributed by atoms with Gasteiger partial charge in [0.05, 0.1) is 0 Å². The summed E-state index contributed by atoms with van der Waals surface area (Å²) in [6, 6.07) is 0.740. The summed E-state index contributed by atoms with van der Waals surface area (Å²) in [5, 5.41) is 8.89. The van der Waals surface area contributed by atoms with E-state index >= 15 is 0 Å². The van der Waals surface area contributed by atoms with Crippen molar-refractivity contribution in [2.75, 3.05) is 20.6 Å². The Hall–Kier alpha value is -1.87. The van der Waals surface area contributed by atoms with E-state index in [2.05, 4.69) is 0 Å². The first-order valence-electron chi connectivity index (χ1n) is 6.60. The van der Waals surface area contributed by atoms with Crippen molar-refractivity contribution in [2.45, 2.75) is 24.8 Å². The second-order valence-corrected chi connectivity index (χ2v) is 7.30. The Bertz CT molecular complexity index is 676. The number of sulfonamides is 1. The Labute approximate surface area is 130 Å². The summed E-state index contributed by atoms with van der Waals surface area (Å²) in [4.78, 5) is 24.1. The third-order valence-electron chi connectivity index (χ3n) is 3.08. The summed E-state index contributed by atoms with van der Waals surface area (Å²) in [6.07, 6.45) is 1.31. The minimum atomic E-state index is -4.00. The Morgan fingerprint density at radius 3 is 2.27 bits per heavy atom. The van der Waals surface area contributed by atoms with Gasteiger partial charge in [0, 0.05) is 33.4 Å². The number of carbonyl (C=O) groups is 2. The fourth-order valence-corrected chi connectivity index (χ4v) is 3.59. The smallest absolute Gasteiger partial charge is 0.318 e. The van der Waals surface area contributed by atoms with E-state index < -0.39 is 28.6 Å². The minimum Gasteiger partial charge on any atom is -0.480 e. The van der Waals surface area contributed by atoms with Gasteiger partial charge in [-0.15, -0.1) is 0 Å². The van der Waals surface area contributed by atoms with Crippen LogP contribution in [0.1, 0.15) is 24.3 Å². The molecule has 1 amide bonds. The van der Waals surface area contributed by atoms with Crippen molar-refractivity contribution in [3.63, 3.8) is 0 Å². The molecule has 0 aliphatic heterocycles. The molecule has 1 heterocycles. The number of hydrogen-bond acceptors (Lipinski definition) is 4. The SMILES string of the molecule is CC(C)N(CC(=O)O)S(=O)(=O)c1cc(C(=O)N(C)C)n(C)c1. The standard InChI is InChI=1S/C13H21N3O5S/c1-9(2)16(8-12(17)18)22(20,21)10-6-11(15(5)7-10)13(19)14(3)4/h6-7,9H,8H2,1-5H3,(H,17,18). The lowest BCUT2D eigenvalue weighted by Gasteiger charge is -2.23. The van der Waals surface area contributed by atoms with Crippen LogP contribution in [0.2, 0.25) is 0 Å². The average molecular weight is 331 g/mol. The summed E-state index contributed by atoms with van der Waals surface area (Å²) in [5.41, 5.74) is 0.211. The lowest BCUT2D eigenvalue weighted by molar-refractivity contribution is -0.137. The summed E-state index contributed by atoms with van der Waals surface area (Å²) in [6.45, 7) is 2.55. The molecular weight excluding hydrogens is 310 g/mol. The number of carbonyl (C=O) groups excluding carboxylic acids is 1. The minimum absolute atomic E-state index is 0.102. The highest BCUT2D eigenvalue weighted by Crippen LogP contribution is 2.21. The van der Waals surface area contributed by atoms with Gasteiger partial charge in [0.1, 0.15) is 17.1 Å². The molecule has 0 spiro atoms. The topological polar surface area (TPSA) is 99.9 Å². The molecule has 0 radical (unpaired) electrons. The molecule has 1 rings (SSSR count). The zero-order valence-corrected chi connectivity index (χ0v) is 14.1. The van der Waals surface area contributed by atoms with Crippen molar-refractivity contribution in [3.05, 3.63) is 18.0 Å². The van der Waals surface area contributed by atoms with E-state index in [-0.39, 0.29) is 16.5 Å². The third kappa shape index (κ3) is 3.66. The van der Waals surface area contributed by atoms with Crippen LogP contribution in [0.15, 0.2) is 17.2 Å². The maximum absolute atomic E-state index is 12.6. The van der Waals surface area contributed by atoms with Gasteiger partial charge in [-0.05, 0) is 19.9 Å². The van der Waals surface area contributed by atoms with Crippen LogP contribution in [0.4, 0.5) is 0 Å². The van der Waals surface area contributed by atoms with Gasteiger partial charge in [0.25, 0.3) is 5.91 Å². The lowest BCUT2D eigenvalue weighted by Crippen LogP contribution is -2.40. The van der Waals surface area contributed by atoms with E-state index in [0.29, 0.717) is 0 Å². The van der Waals surface area contributed by atoms with Gasteiger partial charge in [-0.3, -0.25) is 9.59 Å². The monoisotopic (exact) mass is 331 g/mol. The van der Waals surface area contributed by atoms with Crippen LogP contribution >= 0.6 is 0 Å². The molecule has 22 heavy (non-hydrogen) atoms. The summed E-state index contributed by atoms with van der Waals surface area (Å²) < 4.78 is 27.5. The molecule has 1 N–H and O–H groups in total. The molecule has 0 aromatic carbocycles. The van der Waals surface area contributed by atoms with Crippen molar-refractivity contribution in [1.82, 2.24) is 13.8 Å². The number of amides is 1. The molecule has 9 heteroatoms. The van der Waals surface area contributed by atoms with Crippen molar-refractivity contribution in [1.29, 1.82) is 0 Å². The number of aryl methyl sites for hydroxylation is 1. The molecule has 0 unspecified atom stereocenters. The molecule has 0 atom stereocenters. The van der Waals surface area contributed by atoms with Gasteiger partial charge in [-0.2, -0.15) is 4.31 Å². The lowest BCUT2D eigenvalue weighted by atomic mass is 10.4. The van der Waals surface area contributed by atoms with Crippen LogP contribution < -0.4 is 0 Å². The van der Waals surface area contributed by atoms with Crippen LogP contribution in [-0.2, 0) is 21.9 Å². The van der Waals surface area contributed by atoms with Crippen molar-refractivity contribution in [3.8, 4) is 0 Å². The van der Waals surface area contributed by atoms with Gasteiger partial charge in [-0.1, -0.05) is 0 Å². The maximum Gasteiger partial charge on any atom is 0.318 e. The third-order valence-corrected chi connectivity index (χ3v) is 5.07. The van der Waals surface area contributed by atoms with E-state index in [1.807, 2.05) is 0 Å². The highest BCUT2D eigenvalue weighted by molar-refractivity contribution is 7.89. The van der Waals surface area contributed by atoms with E-state index in [1.165, 1.54) is 21.7 Å².